The van der Waals surface area contributed by atoms with Crippen LogP contribution in [0.5, 0.6) is 0 Å². The number of amides is 1. The van der Waals surface area contributed by atoms with Crippen molar-refractivity contribution in [1.82, 2.24) is 29.5 Å². The smallest absolute Gasteiger partial charge is 0.225 e. The minimum atomic E-state index is -0.319. The maximum atomic E-state index is 13.3. The Hall–Kier alpha value is -3.62. The van der Waals surface area contributed by atoms with E-state index in [9.17, 15) is 9.18 Å². The highest BCUT2D eigenvalue weighted by Crippen LogP contribution is 2.28. The van der Waals surface area contributed by atoms with E-state index in [1.54, 1.807) is 27.7 Å². The van der Waals surface area contributed by atoms with Crippen molar-refractivity contribution in [2.24, 2.45) is 5.92 Å². The standard InChI is InChI=1S/C22H22FN7O/c1-14-10-19(27-20(31)11-15-4-2-3-5-15)30(28-14)22-18-12-26-29(21(18)24-13-25-22)17-8-6-16(23)7-9-17/h6-10,12-13,15H,2-5,11H2,1H3,(H,27,31). The summed E-state index contributed by atoms with van der Waals surface area (Å²) in [6.07, 6.45) is 8.22. The fourth-order valence-electron chi connectivity index (χ4n) is 4.19. The van der Waals surface area contributed by atoms with Gasteiger partial charge in [-0.3, -0.25) is 4.79 Å². The van der Waals surface area contributed by atoms with Gasteiger partial charge in [-0.15, -0.1) is 0 Å². The van der Waals surface area contributed by atoms with Crippen LogP contribution in [0, 0.1) is 18.7 Å². The first kappa shape index (κ1) is 19.3. The van der Waals surface area contributed by atoms with Crippen LogP contribution in [-0.4, -0.2) is 35.4 Å². The van der Waals surface area contributed by atoms with Gasteiger partial charge in [-0.05, 0) is 49.9 Å². The molecule has 5 rings (SSSR count). The number of anilines is 1. The van der Waals surface area contributed by atoms with Crippen molar-refractivity contribution in [2.75, 3.05) is 5.32 Å². The van der Waals surface area contributed by atoms with Gasteiger partial charge in [0.1, 0.15) is 18.0 Å². The average Bonchev–Trinajstić information content (AvgIpc) is 3.49. The summed E-state index contributed by atoms with van der Waals surface area (Å²) < 4.78 is 16.5. The summed E-state index contributed by atoms with van der Waals surface area (Å²) in [5.41, 5.74) is 2.00. The number of hydrogen-bond acceptors (Lipinski definition) is 5. The number of carbonyl (C=O) groups excluding carboxylic acids is 1. The third-order valence-corrected chi connectivity index (χ3v) is 5.66. The number of carbonyl (C=O) groups is 1. The molecule has 31 heavy (non-hydrogen) atoms. The van der Waals surface area contributed by atoms with E-state index < -0.39 is 0 Å². The maximum absolute atomic E-state index is 13.3. The molecule has 0 radical (unpaired) electrons. The highest BCUT2D eigenvalue weighted by atomic mass is 19.1. The highest BCUT2D eigenvalue weighted by Gasteiger charge is 2.21. The second-order valence-corrected chi connectivity index (χ2v) is 7.95. The van der Waals surface area contributed by atoms with Crippen LogP contribution in [0.1, 0.15) is 37.8 Å². The molecule has 1 aliphatic carbocycles. The number of nitrogens with zero attached hydrogens (tertiary/aromatic N) is 6. The van der Waals surface area contributed by atoms with E-state index in [0.717, 1.165) is 18.5 Å². The Morgan fingerprint density at radius 3 is 2.71 bits per heavy atom. The van der Waals surface area contributed by atoms with Gasteiger partial charge in [-0.25, -0.2) is 19.0 Å². The minimum Gasteiger partial charge on any atom is -0.311 e. The fraction of sp³-hybridized carbons (Fsp3) is 0.318. The number of hydrogen-bond donors (Lipinski definition) is 1. The number of halogens is 1. The predicted octanol–water partition coefficient (Wildman–Crippen LogP) is 3.97. The molecule has 1 N–H and O–H groups in total. The number of aromatic nitrogens is 6. The Labute approximate surface area is 178 Å². The van der Waals surface area contributed by atoms with Crippen LogP contribution in [0.15, 0.2) is 42.9 Å². The summed E-state index contributed by atoms with van der Waals surface area (Å²) in [5.74, 6) is 1.20. The molecule has 1 aliphatic rings. The number of fused-ring (bicyclic) bond motifs is 1. The van der Waals surface area contributed by atoms with Crippen molar-refractivity contribution in [3.05, 3.63) is 54.4 Å². The van der Waals surface area contributed by atoms with Crippen LogP contribution in [0.3, 0.4) is 0 Å². The van der Waals surface area contributed by atoms with Gasteiger partial charge in [-0.1, -0.05) is 12.8 Å². The average molecular weight is 419 g/mol. The maximum Gasteiger partial charge on any atom is 0.225 e. The topological polar surface area (TPSA) is 90.5 Å². The molecular formula is C22H22FN7O. The van der Waals surface area contributed by atoms with Crippen molar-refractivity contribution in [3.63, 3.8) is 0 Å². The van der Waals surface area contributed by atoms with E-state index in [-0.39, 0.29) is 11.7 Å². The first-order chi connectivity index (χ1) is 15.1. The Balaban J connectivity index is 1.50. The molecule has 9 heteroatoms. The molecule has 0 unspecified atom stereocenters. The van der Waals surface area contributed by atoms with Gasteiger partial charge in [0.05, 0.1) is 23.0 Å². The fourth-order valence-corrected chi connectivity index (χ4v) is 4.19. The molecule has 0 spiro atoms. The van der Waals surface area contributed by atoms with E-state index in [4.69, 9.17) is 0 Å². The van der Waals surface area contributed by atoms with Gasteiger partial charge >= 0.3 is 0 Å². The molecular weight excluding hydrogens is 397 g/mol. The summed E-state index contributed by atoms with van der Waals surface area (Å²) in [6, 6.07) is 7.84. The van der Waals surface area contributed by atoms with Crippen LogP contribution in [0.4, 0.5) is 10.2 Å². The zero-order valence-corrected chi connectivity index (χ0v) is 17.1. The summed E-state index contributed by atoms with van der Waals surface area (Å²) >= 11 is 0. The molecule has 1 aromatic carbocycles. The first-order valence-electron chi connectivity index (χ1n) is 10.4. The lowest BCUT2D eigenvalue weighted by molar-refractivity contribution is -0.117. The van der Waals surface area contributed by atoms with Crippen LogP contribution in [0.25, 0.3) is 22.5 Å². The van der Waals surface area contributed by atoms with Gasteiger partial charge in [0.2, 0.25) is 5.91 Å². The monoisotopic (exact) mass is 419 g/mol. The van der Waals surface area contributed by atoms with E-state index in [0.29, 0.717) is 40.7 Å². The lowest BCUT2D eigenvalue weighted by Gasteiger charge is -2.11. The zero-order valence-electron chi connectivity index (χ0n) is 17.1. The molecule has 1 fully saturated rings. The van der Waals surface area contributed by atoms with Gasteiger partial charge < -0.3 is 5.32 Å². The molecule has 0 aliphatic heterocycles. The van der Waals surface area contributed by atoms with Crippen molar-refractivity contribution in [2.45, 2.75) is 39.0 Å². The van der Waals surface area contributed by atoms with Crippen molar-refractivity contribution in [1.29, 1.82) is 0 Å². The lowest BCUT2D eigenvalue weighted by atomic mass is 10.0. The SMILES string of the molecule is Cc1cc(NC(=O)CC2CCCC2)n(-c2ncnc3c2cnn3-c2ccc(F)cc2)n1. The van der Waals surface area contributed by atoms with Crippen molar-refractivity contribution < 1.29 is 9.18 Å². The number of benzene rings is 1. The Morgan fingerprint density at radius 2 is 1.94 bits per heavy atom. The number of nitrogens with one attached hydrogen (secondary N) is 1. The van der Waals surface area contributed by atoms with Crippen molar-refractivity contribution >= 4 is 22.8 Å². The van der Waals surface area contributed by atoms with E-state index in [1.807, 2.05) is 13.0 Å². The summed E-state index contributed by atoms with van der Waals surface area (Å²) in [7, 11) is 0. The minimum absolute atomic E-state index is 0.0136. The highest BCUT2D eigenvalue weighted by molar-refractivity contribution is 5.91. The summed E-state index contributed by atoms with van der Waals surface area (Å²) in [4.78, 5) is 21.4. The summed E-state index contributed by atoms with van der Waals surface area (Å²) in [5, 5.41) is 12.6. The second kappa shape index (κ2) is 7.90. The molecule has 158 valence electrons. The molecule has 1 saturated carbocycles. The van der Waals surface area contributed by atoms with Gasteiger partial charge in [0.25, 0.3) is 0 Å². The molecule has 1 amide bonds. The van der Waals surface area contributed by atoms with Gasteiger partial charge in [-0.2, -0.15) is 14.9 Å². The molecule has 0 atom stereocenters. The number of aryl methyl sites for hydroxylation is 1. The van der Waals surface area contributed by atoms with Crippen LogP contribution >= 0.6 is 0 Å². The van der Waals surface area contributed by atoms with E-state index in [1.165, 1.54) is 31.3 Å². The zero-order chi connectivity index (χ0) is 21.4. The Morgan fingerprint density at radius 1 is 1.16 bits per heavy atom. The van der Waals surface area contributed by atoms with Gasteiger partial charge in [0.15, 0.2) is 11.5 Å². The van der Waals surface area contributed by atoms with E-state index in [2.05, 4.69) is 25.5 Å². The molecule has 4 aromatic rings. The quantitative estimate of drug-likeness (QED) is 0.529. The third kappa shape index (κ3) is 3.78. The van der Waals surface area contributed by atoms with Crippen molar-refractivity contribution in [3.8, 4) is 11.5 Å². The Kier molecular flexibility index (Phi) is 4.93. The normalized spacial score (nSPS) is 14.4. The predicted molar refractivity (Wildman–Crippen MR) is 114 cm³/mol. The largest absolute Gasteiger partial charge is 0.311 e. The molecule has 3 heterocycles. The van der Waals surface area contributed by atoms with Crippen LogP contribution < -0.4 is 5.32 Å². The lowest BCUT2D eigenvalue weighted by Crippen LogP contribution is -2.18. The molecule has 0 saturated heterocycles. The summed E-state index contributed by atoms with van der Waals surface area (Å²) in [6.45, 7) is 1.86. The first-order valence-corrected chi connectivity index (χ1v) is 10.4. The third-order valence-electron chi connectivity index (χ3n) is 5.66. The van der Waals surface area contributed by atoms with Crippen LogP contribution in [0.2, 0.25) is 0 Å². The van der Waals surface area contributed by atoms with Gasteiger partial charge in [0, 0.05) is 12.5 Å². The Bertz CT molecular complexity index is 1240. The number of rotatable bonds is 5. The van der Waals surface area contributed by atoms with E-state index >= 15 is 0 Å². The molecule has 0 bridgehead atoms. The molecule has 3 aromatic heterocycles. The molecule has 8 nitrogen and oxygen atoms in total. The van der Waals surface area contributed by atoms with Crippen LogP contribution in [-0.2, 0) is 4.79 Å². The second-order valence-electron chi connectivity index (χ2n) is 7.95.